The highest BCUT2D eigenvalue weighted by Crippen LogP contribution is 2.23. The molecule has 1 aliphatic rings. The van der Waals surface area contributed by atoms with Crippen LogP contribution in [0.2, 0.25) is 0 Å². The van der Waals surface area contributed by atoms with Gasteiger partial charge in [-0.1, -0.05) is 6.08 Å². The molecule has 1 atom stereocenters. The van der Waals surface area contributed by atoms with Crippen LogP contribution in [-0.2, 0) is 4.79 Å². The van der Waals surface area contributed by atoms with E-state index in [-0.39, 0.29) is 5.37 Å². The summed E-state index contributed by atoms with van der Waals surface area (Å²) in [6.07, 6.45) is 4.39. The van der Waals surface area contributed by atoms with Gasteiger partial charge in [0.15, 0.2) is 0 Å². The largest absolute Gasteiger partial charge is 0.236 e. The summed E-state index contributed by atoms with van der Waals surface area (Å²) < 4.78 is 0. The van der Waals surface area contributed by atoms with Crippen LogP contribution in [-0.4, -0.2) is 11.5 Å². The van der Waals surface area contributed by atoms with Gasteiger partial charge >= 0.3 is 0 Å². The Kier molecular flexibility index (Phi) is 1.89. The lowest BCUT2D eigenvalue weighted by Gasteiger charge is -1.92. The first-order chi connectivity index (χ1) is 3.93. The topological polar surface area (TPSA) is 29.4 Å². The van der Waals surface area contributed by atoms with Crippen molar-refractivity contribution in [1.29, 1.82) is 0 Å². The van der Waals surface area contributed by atoms with Crippen LogP contribution in [0.1, 0.15) is 6.42 Å². The third-order valence-corrected chi connectivity index (χ3v) is 1.83. The van der Waals surface area contributed by atoms with Gasteiger partial charge in [-0.3, -0.25) is 0 Å². The van der Waals surface area contributed by atoms with Crippen molar-refractivity contribution >= 4 is 17.8 Å². The lowest BCUT2D eigenvalue weighted by atomic mass is 10.4. The van der Waals surface area contributed by atoms with E-state index in [1.165, 1.54) is 6.08 Å². The summed E-state index contributed by atoms with van der Waals surface area (Å²) in [4.78, 5) is 13.1. The molecule has 0 N–H and O–H groups in total. The molecule has 0 aromatic heterocycles. The minimum Gasteiger partial charge on any atom is -0.211 e. The van der Waals surface area contributed by atoms with Gasteiger partial charge in [0.2, 0.25) is 6.08 Å². The van der Waals surface area contributed by atoms with Crippen molar-refractivity contribution in [2.75, 3.05) is 0 Å². The van der Waals surface area contributed by atoms with Crippen molar-refractivity contribution < 1.29 is 4.79 Å². The average Bonchev–Trinajstić information content (AvgIpc) is 2.19. The molecule has 1 heterocycles. The monoisotopic (exact) mass is 127 g/mol. The molecule has 2 nitrogen and oxygen atoms in total. The van der Waals surface area contributed by atoms with Crippen LogP contribution in [0.25, 0.3) is 0 Å². The lowest BCUT2D eigenvalue weighted by molar-refractivity contribution is 0.562. The van der Waals surface area contributed by atoms with Crippen LogP contribution in [0.4, 0.5) is 0 Å². The van der Waals surface area contributed by atoms with Crippen molar-refractivity contribution in [2.45, 2.75) is 11.8 Å². The van der Waals surface area contributed by atoms with E-state index in [2.05, 4.69) is 4.99 Å². The molecule has 3 heteroatoms. The zero-order valence-corrected chi connectivity index (χ0v) is 5.02. The Morgan fingerprint density at radius 3 is 3.25 bits per heavy atom. The number of nitrogens with zero attached hydrogens (tertiary/aromatic N) is 1. The summed E-state index contributed by atoms with van der Waals surface area (Å²) in [5.74, 6) is 0. The SMILES string of the molecule is O=C=NC1CC=CS1. The number of hydrogen-bond acceptors (Lipinski definition) is 3. The number of carbonyl (C=O) groups excluding carboxylic acids is 1. The van der Waals surface area contributed by atoms with Gasteiger partial charge in [0.25, 0.3) is 0 Å². The van der Waals surface area contributed by atoms with Gasteiger partial charge in [0.05, 0.1) is 0 Å². The highest BCUT2D eigenvalue weighted by Gasteiger charge is 2.06. The van der Waals surface area contributed by atoms with E-state index in [1.54, 1.807) is 11.8 Å². The molecule has 8 heavy (non-hydrogen) atoms. The lowest BCUT2D eigenvalue weighted by Crippen LogP contribution is -1.87. The Morgan fingerprint density at radius 1 is 1.88 bits per heavy atom. The minimum absolute atomic E-state index is 0.118. The maximum Gasteiger partial charge on any atom is 0.236 e. The number of thioether (sulfide) groups is 1. The van der Waals surface area contributed by atoms with Gasteiger partial charge in [0, 0.05) is 0 Å². The van der Waals surface area contributed by atoms with Gasteiger partial charge in [-0.15, -0.1) is 11.8 Å². The zero-order chi connectivity index (χ0) is 5.82. The van der Waals surface area contributed by atoms with Crippen LogP contribution >= 0.6 is 11.8 Å². The number of isocyanates is 1. The Balaban J connectivity index is 2.40. The number of hydrogen-bond donors (Lipinski definition) is 0. The van der Waals surface area contributed by atoms with Crippen LogP contribution < -0.4 is 0 Å². The molecule has 0 aromatic rings. The fourth-order valence-corrected chi connectivity index (χ4v) is 1.25. The Labute approximate surface area is 51.7 Å². The van der Waals surface area contributed by atoms with Gasteiger partial charge in [-0.05, 0) is 11.8 Å². The van der Waals surface area contributed by atoms with Crippen molar-refractivity contribution in [2.24, 2.45) is 4.99 Å². The second-order valence-corrected chi connectivity index (χ2v) is 2.51. The predicted octanol–water partition coefficient (Wildman–Crippen LogP) is 1.30. The molecule has 0 aliphatic carbocycles. The minimum atomic E-state index is 0.118. The van der Waals surface area contributed by atoms with E-state index in [1.807, 2.05) is 11.5 Å². The smallest absolute Gasteiger partial charge is 0.211 e. The van der Waals surface area contributed by atoms with E-state index < -0.39 is 0 Å². The van der Waals surface area contributed by atoms with Crippen molar-refractivity contribution in [1.82, 2.24) is 0 Å². The summed E-state index contributed by atoms with van der Waals surface area (Å²) in [5, 5.41) is 2.07. The van der Waals surface area contributed by atoms with Crippen molar-refractivity contribution in [3.8, 4) is 0 Å². The quantitative estimate of drug-likeness (QED) is 0.392. The number of aliphatic imine (C=N–C) groups is 1. The molecule has 0 saturated carbocycles. The molecule has 0 fully saturated rings. The van der Waals surface area contributed by atoms with Gasteiger partial charge in [-0.25, -0.2) is 4.79 Å². The Hall–Kier alpha value is -0.530. The summed E-state index contributed by atoms with van der Waals surface area (Å²) in [6, 6.07) is 0. The van der Waals surface area contributed by atoms with Crippen molar-refractivity contribution in [3.63, 3.8) is 0 Å². The molecule has 0 amide bonds. The van der Waals surface area contributed by atoms with E-state index in [4.69, 9.17) is 0 Å². The molecule has 0 saturated heterocycles. The fraction of sp³-hybridized carbons (Fsp3) is 0.400. The zero-order valence-electron chi connectivity index (χ0n) is 4.20. The first kappa shape index (κ1) is 5.60. The second-order valence-electron chi connectivity index (χ2n) is 1.42. The maximum absolute atomic E-state index is 9.63. The molecule has 1 unspecified atom stereocenters. The van der Waals surface area contributed by atoms with Gasteiger partial charge in [0.1, 0.15) is 5.37 Å². The third-order valence-electron chi connectivity index (χ3n) is 0.866. The molecule has 42 valence electrons. The van der Waals surface area contributed by atoms with E-state index >= 15 is 0 Å². The first-order valence-corrected chi connectivity index (χ1v) is 3.25. The normalized spacial score (nSPS) is 25.2. The molecule has 0 spiro atoms. The third kappa shape index (κ3) is 1.22. The highest BCUT2D eigenvalue weighted by molar-refractivity contribution is 8.02. The summed E-state index contributed by atoms with van der Waals surface area (Å²) in [5.41, 5.74) is 0. The highest BCUT2D eigenvalue weighted by atomic mass is 32.2. The Bertz CT molecular complexity index is 141. The van der Waals surface area contributed by atoms with Gasteiger partial charge in [-0.2, -0.15) is 4.99 Å². The molecule has 0 aromatic carbocycles. The molecular formula is C5H5NOS. The van der Waals surface area contributed by atoms with Crippen molar-refractivity contribution in [3.05, 3.63) is 11.5 Å². The molecule has 0 radical (unpaired) electrons. The number of rotatable bonds is 1. The summed E-state index contributed by atoms with van der Waals surface area (Å²) in [7, 11) is 0. The van der Waals surface area contributed by atoms with Crippen LogP contribution in [0.5, 0.6) is 0 Å². The average molecular weight is 127 g/mol. The summed E-state index contributed by atoms with van der Waals surface area (Å²) in [6.45, 7) is 0. The maximum atomic E-state index is 9.63. The second kappa shape index (κ2) is 2.70. The molecular weight excluding hydrogens is 122 g/mol. The standard InChI is InChI=1S/C5H5NOS/c7-4-6-5-2-1-3-8-5/h1,3,5H,2H2. The van der Waals surface area contributed by atoms with Gasteiger partial charge < -0.3 is 0 Å². The van der Waals surface area contributed by atoms with E-state index in [0.29, 0.717) is 0 Å². The van der Waals surface area contributed by atoms with Crippen LogP contribution in [0, 0.1) is 0 Å². The van der Waals surface area contributed by atoms with E-state index in [9.17, 15) is 4.79 Å². The molecule has 0 bridgehead atoms. The Morgan fingerprint density at radius 2 is 2.75 bits per heavy atom. The van der Waals surface area contributed by atoms with Crippen LogP contribution in [0.15, 0.2) is 16.5 Å². The first-order valence-electron chi connectivity index (χ1n) is 2.31. The molecule has 1 aliphatic heterocycles. The van der Waals surface area contributed by atoms with E-state index in [0.717, 1.165) is 6.42 Å². The summed E-state index contributed by atoms with van der Waals surface area (Å²) >= 11 is 1.56. The molecule has 1 rings (SSSR count). The van der Waals surface area contributed by atoms with Crippen LogP contribution in [0.3, 0.4) is 0 Å². The predicted molar refractivity (Wildman–Crippen MR) is 33.3 cm³/mol. The fourth-order valence-electron chi connectivity index (χ4n) is 0.516.